The lowest BCUT2D eigenvalue weighted by molar-refractivity contribution is 0.569. The molecule has 0 spiro atoms. The van der Waals surface area contributed by atoms with Crippen LogP contribution in [0.25, 0.3) is 53.7 Å². The summed E-state index contributed by atoms with van der Waals surface area (Å²) in [4.78, 5) is 6.14. The maximum absolute atomic E-state index is 6.28. The summed E-state index contributed by atoms with van der Waals surface area (Å²) in [6.07, 6.45) is 2.00. The van der Waals surface area contributed by atoms with Gasteiger partial charge in [0.15, 0.2) is 0 Å². The van der Waals surface area contributed by atoms with Gasteiger partial charge in [-0.3, -0.25) is 4.98 Å². The second kappa shape index (κ2) is 8.04. The molecule has 0 bridgehead atoms. The van der Waals surface area contributed by atoms with Crippen molar-refractivity contribution in [2.24, 2.45) is 0 Å². The van der Waals surface area contributed by atoms with Gasteiger partial charge in [-0.2, -0.15) is 0 Å². The molecule has 0 aliphatic rings. The molecule has 0 fully saturated rings. The molecule has 0 radical (unpaired) electrons. The summed E-state index contributed by atoms with van der Waals surface area (Å²) in [5, 5.41) is 3.45. The number of rotatable bonds is 2. The van der Waals surface area contributed by atoms with Crippen molar-refractivity contribution in [1.29, 1.82) is 0 Å². The Balaban J connectivity index is 1.49. The van der Waals surface area contributed by atoms with Crippen LogP contribution in [0.1, 0.15) is 52.7 Å². The molecule has 180 valence electrons. The van der Waals surface area contributed by atoms with Crippen molar-refractivity contribution in [2.45, 2.75) is 52.4 Å². The Kier molecular flexibility index (Phi) is 5.14. The van der Waals surface area contributed by atoms with E-state index in [1.165, 1.54) is 31.7 Å². The van der Waals surface area contributed by atoms with E-state index >= 15 is 0 Å². The lowest BCUT2D eigenvalue weighted by Gasteiger charge is -2.26. The summed E-state index contributed by atoms with van der Waals surface area (Å²) in [5.74, 6) is 0. The van der Waals surface area contributed by atoms with Gasteiger partial charge in [0.1, 0.15) is 11.2 Å². The number of thiophene rings is 1. The van der Waals surface area contributed by atoms with E-state index in [0.717, 1.165) is 33.2 Å². The minimum absolute atomic E-state index is 0.0900. The second-order valence-corrected chi connectivity index (χ2v) is 12.9. The fraction of sp³-hybridized carbons (Fsp3) is 0.242. The summed E-state index contributed by atoms with van der Waals surface area (Å²) >= 11 is 1.84. The Morgan fingerprint density at radius 1 is 0.722 bits per heavy atom. The molecule has 6 aromatic rings. The maximum Gasteiger partial charge on any atom is 0.144 e. The van der Waals surface area contributed by atoms with Crippen molar-refractivity contribution < 1.29 is 4.42 Å². The zero-order valence-electron chi connectivity index (χ0n) is 21.8. The van der Waals surface area contributed by atoms with E-state index in [9.17, 15) is 0 Å². The Labute approximate surface area is 216 Å². The van der Waals surface area contributed by atoms with Crippen LogP contribution in [0.2, 0.25) is 0 Å². The zero-order valence-corrected chi connectivity index (χ0v) is 22.6. The van der Waals surface area contributed by atoms with Crippen molar-refractivity contribution in [3.63, 3.8) is 0 Å². The Bertz CT molecular complexity index is 1720. The van der Waals surface area contributed by atoms with Crippen molar-refractivity contribution >= 4 is 43.4 Å². The maximum atomic E-state index is 6.28. The molecule has 0 N–H and O–H groups in total. The molecule has 36 heavy (non-hydrogen) atoms. The van der Waals surface area contributed by atoms with Crippen LogP contribution in [0.5, 0.6) is 0 Å². The van der Waals surface area contributed by atoms with E-state index < -0.39 is 0 Å². The number of furan rings is 1. The smallest absolute Gasteiger partial charge is 0.144 e. The average molecular weight is 490 g/mol. The Hall–Kier alpha value is -3.43. The molecule has 0 atom stereocenters. The molecule has 0 saturated heterocycles. The third kappa shape index (κ3) is 3.92. The molecule has 3 aromatic heterocycles. The van der Waals surface area contributed by atoms with E-state index in [2.05, 4.69) is 102 Å². The Morgan fingerprint density at radius 2 is 1.42 bits per heavy atom. The van der Waals surface area contributed by atoms with Gasteiger partial charge in [-0.25, -0.2) is 0 Å². The van der Waals surface area contributed by atoms with E-state index in [4.69, 9.17) is 9.40 Å². The van der Waals surface area contributed by atoms with E-state index in [1.807, 2.05) is 29.7 Å². The van der Waals surface area contributed by atoms with Gasteiger partial charge in [0, 0.05) is 37.5 Å². The topological polar surface area (TPSA) is 26.0 Å². The Morgan fingerprint density at radius 3 is 2.14 bits per heavy atom. The first kappa shape index (κ1) is 23.0. The van der Waals surface area contributed by atoms with E-state index in [1.54, 1.807) is 0 Å². The van der Waals surface area contributed by atoms with E-state index in [0.29, 0.717) is 0 Å². The van der Waals surface area contributed by atoms with Gasteiger partial charge in [0.2, 0.25) is 0 Å². The molecule has 0 saturated carbocycles. The summed E-state index contributed by atoms with van der Waals surface area (Å²) in [6, 6.07) is 26.1. The number of benzene rings is 3. The van der Waals surface area contributed by atoms with Crippen molar-refractivity contribution in [3.8, 4) is 21.7 Å². The molecule has 0 aliphatic heterocycles. The molecule has 3 heteroatoms. The van der Waals surface area contributed by atoms with Crippen molar-refractivity contribution in [2.75, 3.05) is 0 Å². The van der Waals surface area contributed by atoms with Gasteiger partial charge >= 0.3 is 0 Å². The highest BCUT2D eigenvalue weighted by Gasteiger charge is 2.22. The monoisotopic (exact) mass is 489 g/mol. The van der Waals surface area contributed by atoms with Crippen LogP contribution < -0.4 is 0 Å². The minimum atomic E-state index is 0.0900. The van der Waals surface area contributed by atoms with Gasteiger partial charge < -0.3 is 4.42 Å². The number of fused-ring (bicyclic) bond motifs is 4. The fourth-order valence-corrected chi connectivity index (χ4v) is 5.87. The summed E-state index contributed by atoms with van der Waals surface area (Å²) in [5.41, 5.74) is 8.00. The minimum Gasteiger partial charge on any atom is -0.455 e. The van der Waals surface area contributed by atoms with Gasteiger partial charge in [-0.15, -0.1) is 11.3 Å². The highest BCUT2D eigenvalue weighted by molar-refractivity contribution is 7.22. The number of para-hydroxylation sites is 2. The standard InChI is InChI=1S/C33H31NOS/c1-32(2,3)22-14-20(15-23(17-22)33(4,5)6)29-16-21-19-34-27(18-30(21)36-29)26-12-9-11-25-24-10-7-8-13-28(24)35-31(25)26/h7-19H,1-6H3. The zero-order chi connectivity index (χ0) is 25.2. The summed E-state index contributed by atoms with van der Waals surface area (Å²) in [6.45, 7) is 13.7. The molecule has 0 amide bonds. The normalized spacial score (nSPS) is 12.7. The van der Waals surface area contributed by atoms with Crippen molar-refractivity contribution in [1.82, 2.24) is 4.98 Å². The molecular weight excluding hydrogens is 458 g/mol. The van der Waals surface area contributed by atoms with E-state index in [-0.39, 0.29) is 10.8 Å². The summed E-state index contributed by atoms with van der Waals surface area (Å²) < 4.78 is 7.52. The first-order valence-electron chi connectivity index (χ1n) is 12.5. The van der Waals surface area contributed by atoms with Gasteiger partial charge in [-0.1, -0.05) is 77.9 Å². The van der Waals surface area contributed by atoms with Crippen LogP contribution in [0, 0.1) is 0 Å². The predicted octanol–water partition coefficient (Wildman–Crippen LogP) is 10.1. The van der Waals surface area contributed by atoms with Crippen LogP contribution >= 0.6 is 11.3 Å². The molecule has 2 nitrogen and oxygen atoms in total. The number of nitrogens with zero attached hydrogens (tertiary/aromatic N) is 1. The fourth-order valence-electron chi connectivity index (χ4n) is 4.81. The second-order valence-electron chi connectivity index (χ2n) is 11.8. The number of hydrogen-bond acceptors (Lipinski definition) is 3. The quantitative estimate of drug-likeness (QED) is 0.242. The summed E-state index contributed by atoms with van der Waals surface area (Å²) in [7, 11) is 0. The van der Waals surface area contributed by atoms with Crippen LogP contribution in [0.15, 0.2) is 83.4 Å². The molecular formula is C33H31NOS. The number of pyridine rings is 1. The SMILES string of the molecule is CC(C)(C)c1cc(-c2cc3cnc(-c4cccc5c4oc4ccccc45)cc3s2)cc(C(C)(C)C)c1. The third-order valence-corrected chi connectivity index (χ3v) is 8.18. The molecule has 0 aliphatic carbocycles. The first-order valence-corrected chi connectivity index (χ1v) is 13.4. The van der Waals surface area contributed by atoms with Crippen LogP contribution in [0.3, 0.4) is 0 Å². The lowest BCUT2D eigenvalue weighted by atomic mass is 9.79. The van der Waals surface area contributed by atoms with Crippen LogP contribution in [-0.4, -0.2) is 4.98 Å². The van der Waals surface area contributed by atoms with Gasteiger partial charge in [0.25, 0.3) is 0 Å². The highest BCUT2D eigenvalue weighted by atomic mass is 32.1. The number of hydrogen-bond donors (Lipinski definition) is 0. The van der Waals surface area contributed by atoms with Crippen LogP contribution in [0.4, 0.5) is 0 Å². The molecule has 3 heterocycles. The first-order chi connectivity index (χ1) is 17.1. The number of aromatic nitrogens is 1. The third-order valence-electron chi connectivity index (χ3n) is 7.03. The van der Waals surface area contributed by atoms with Crippen LogP contribution in [-0.2, 0) is 10.8 Å². The average Bonchev–Trinajstić information content (AvgIpc) is 3.43. The highest BCUT2D eigenvalue weighted by Crippen LogP contribution is 2.40. The molecule has 6 rings (SSSR count). The predicted molar refractivity (Wildman–Crippen MR) is 155 cm³/mol. The molecule has 3 aromatic carbocycles. The van der Waals surface area contributed by atoms with Crippen molar-refractivity contribution in [3.05, 3.63) is 90.1 Å². The lowest BCUT2D eigenvalue weighted by Crippen LogP contribution is -2.16. The van der Waals surface area contributed by atoms with Gasteiger partial charge in [0.05, 0.1) is 5.69 Å². The largest absolute Gasteiger partial charge is 0.455 e. The van der Waals surface area contributed by atoms with Gasteiger partial charge in [-0.05, 0) is 63.9 Å². The molecule has 0 unspecified atom stereocenters.